The van der Waals surface area contributed by atoms with Crippen LogP contribution in [0.3, 0.4) is 0 Å². The molecule has 8 amide bonds. The van der Waals surface area contributed by atoms with Gasteiger partial charge in [-0.05, 0) is 129 Å². The summed E-state index contributed by atoms with van der Waals surface area (Å²) in [5, 5.41) is 19.3. The Morgan fingerprint density at radius 2 is 0.500 bits per heavy atom. The lowest BCUT2D eigenvalue weighted by Crippen LogP contribution is -2.60. The van der Waals surface area contributed by atoms with E-state index in [2.05, 4.69) is 37.2 Å². The molecule has 23 heteroatoms. The molecule has 0 aromatic carbocycles. The van der Waals surface area contributed by atoms with E-state index in [1.54, 1.807) is 0 Å². The standard InChI is InChI=1S/C37H68N8O8S7/c1-23(46)39-25(10-17-55-3)32(48)41-27(12-19-57-5)34(50)43-29(14-21-59-7)36(52)45-30(15-22-60-8)37(53)44-28(13-20-58-6)35(51)42-26(11-18-56-4)33(49)40-24(31(38)47)9-16-54-2/h24-30H,9-22H2,1-8H3,(H2,38,47)(H,39,46)(H,40,49)(H,41,48)(H,42,51)(H,43,50)(H,44,53)(H,45,52)/t24-,25+,26-,27-,28+,29+,30-/m0/s1. The molecular formula is C37H68N8O8S7. The highest BCUT2D eigenvalue weighted by Crippen LogP contribution is 2.11. The van der Waals surface area contributed by atoms with Crippen LogP contribution in [0.15, 0.2) is 0 Å². The minimum Gasteiger partial charge on any atom is -0.368 e. The van der Waals surface area contributed by atoms with E-state index in [-0.39, 0.29) is 38.0 Å². The van der Waals surface area contributed by atoms with E-state index < -0.39 is 83.6 Å². The molecule has 0 aliphatic carbocycles. The topological polar surface area (TPSA) is 247 Å². The molecule has 0 fully saturated rings. The van der Waals surface area contributed by atoms with Crippen LogP contribution in [0.4, 0.5) is 0 Å². The zero-order chi connectivity index (χ0) is 45.5. The molecule has 0 bridgehead atoms. The lowest BCUT2D eigenvalue weighted by molar-refractivity contribution is -0.135. The summed E-state index contributed by atoms with van der Waals surface area (Å²) in [4.78, 5) is 106. The van der Waals surface area contributed by atoms with E-state index in [0.717, 1.165) is 0 Å². The fourth-order valence-electron chi connectivity index (χ4n) is 5.43. The van der Waals surface area contributed by atoms with Crippen LogP contribution in [-0.2, 0) is 38.4 Å². The first-order valence-corrected chi connectivity index (χ1v) is 29.2. The fourth-order valence-corrected chi connectivity index (χ4v) is 8.73. The Labute approximate surface area is 386 Å². The van der Waals surface area contributed by atoms with Gasteiger partial charge in [0.25, 0.3) is 0 Å². The number of primary amides is 1. The number of thioether (sulfide) groups is 7. The number of nitrogens with two attached hydrogens (primary N) is 1. The third-order valence-corrected chi connectivity index (χ3v) is 13.3. The first-order chi connectivity index (χ1) is 28.6. The molecule has 0 saturated heterocycles. The van der Waals surface area contributed by atoms with Crippen molar-refractivity contribution in [3.05, 3.63) is 0 Å². The largest absolute Gasteiger partial charge is 0.368 e. The smallest absolute Gasteiger partial charge is 0.243 e. The van der Waals surface area contributed by atoms with Gasteiger partial charge in [0, 0.05) is 6.92 Å². The second-order valence-electron chi connectivity index (χ2n) is 13.5. The Morgan fingerprint density at radius 3 is 0.667 bits per heavy atom. The average Bonchev–Trinajstić information content (AvgIpc) is 3.21. The molecule has 0 saturated carbocycles. The van der Waals surface area contributed by atoms with Gasteiger partial charge in [0.05, 0.1) is 0 Å². The quantitative estimate of drug-likeness (QED) is 0.0444. The average molecular weight is 977 g/mol. The van der Waals surface area contributed by atoms with E-state index in [1.807, 2.05) is 43.8 Å². The summed E-state index contributed by atoms with van der Waals surface area (Å²) >= 11 is 10.4. The van der Waals surface area contributed by atoms with Crippen LogP contribution < -0.4 is 43.0 Å². The molecule has 0 aromatic rings. The zero-order valence-electron chi connectivity index (χ0n) is 36.1. The molecule has 0 heterocycles. The van der Waals surface area contributed by atoms with E-state index in [4.69, 9.17) is 5.73 Å². The van der Waals surface area contributed by atoms with Crippen LogP contribution in [0.5, 0.6) is 0 Å². The van der Waals surface area contributed by atoms with Crippen molar-refractivity contribution < 1.29 is 38.4 Å². The molecule has 16 nitrogen and oxygen atoms in total. The number of nitrogens with one attached hydrogen (secondary N) is 7. The normalized spacial score (nSPS) is 14.5. The number of carbonyl (C=O) groups is 8. The maximum atomic E-state index is 14.0. The van der Waals surface area contributed by atoms with Gasteiger partial charge in [-0.2, -0.15) is 82.3 Å². The van der Waals surface area contributed by atoms with Gasteiger partial charge in [-0.25, -0.2) is 0 Å². The van der Waals surface area contributed by atoms with E-state index in [1.165, 1.54) is 89.3 Å². The Kier molecular flexibility index (Phi) is 34.6. The van der Waals surface area contributed by atoms with Crippen molar-refractivity contribution in [2.45, 2.75) is 94.2 Å². The molecule has 0 rings (SSSR count). The Bertz CT molecular complexity index is 1340. The van der Waals surface area contributed by atoms with Crippen molar-refractivity contribution in [1.29, 1.82) is 0 Å². The molecule has 0 aliphatic rings. The lowest BCUT2D eigenvalue weighted by atomic mass is 10.1. The van der Waals surface area contributed by atoms with Gasteiger partial charge in [-0.3, -0.25) is 38.4 Å². The van der Waals surface area contributed by atoms with Gasteiger partial charge < -0.3 is 43.0 Å². The van der Waals surface area contributed by atoms with Gasteiger partial charge in [-0.15, -0.1) is 0 Å². The molecule has 0 unspecified atom stereocenters. The molecule has 0 spiro atoms. The highest BCUT2D eigenvalue weighted by molar-refractivity contribution is 7.99. The summed E-state index contributed by atoms with van der Waals surface area (Å²) in [5.41, 5.74) is 5.55. The van der Waals surface area contributed by atoms with Crippen molar-refractivity contribution >= 4 is 130 Å². The molecule has 7 atom stereocenters. The summed E-state index contributed by atoms with van der Waals surface area (Å²) < 4.78 is 0. The fraction of sp³-hybridized carbons (Fsp3) is 0.784. The maximum absolute atomic E-state index is 14.0. The molecule has 346 valence electrons. The van der Waals surface area contributed by atoms with Gasteiger partial charge in [0.1, 0.15) is 42.3 Å². The summed E-state index contributed by atoms with van der Waals surface area (Å²) in [5.74, 6) is -0.727. The summed E-state index contributed by atoms with van der Waals surface area (Å²) in [7, 11) is 0. The third-order valence-electron chi connectivity index (χ3n) is 8.79. The number of rotatable bonds is 35. The third kappa shape index (κ3) is 25.4. The van der Waals surface area contributed by atoms with Gasteiger partial charge in [0.2, 0.25) is 47.3 Å². The van der Waals surface area contributed by atoms with E-state index in [0.29, 0.717) is 53.1 Å². The van der Waals surface area contributed by atoms with Gasteiger partial charge >= 0.3 is 0 Å². The molecule has 0 aromatic heterocycles. The highest BCUT2D eigenvalue weighted by Gasteiger charge is 2.33. The molecule has 9 N–H and O–H groups in total. The molecular weight excluding hydrogens is 909 g/mol. The van der Waals surface area contributed by atoms with Crippen molar-refractivity contribution in [2.24, 2.45) is 5.73 Å². The first kappa shape index (κ1) is 58.2. The van der Waals surface area contributed by atoms with Crippen molar-refractivity contribution in [2.75, 3.05) is 84.1 Å². The Hall–Kier alpha value is -1.79. The SMILES string of the molecule is CSCC[C@H](NC(=O)[C@H](CCSC)NC(=O)[C@@H](CCSC)NC(=O)[C@H](CCSC)NC(=O)[C@@H](CCSC)NC(=O)[C@H](CCSC)NC(=O)[C@@H](CCSC)NC(C)=O)C(N)=O. The number of hydrogen-bond donors (Lipinski definition) is 8. The zero-order valence-corrected chi connectivity index (χ0v) is 41.9. The van der Waals surface area contributed by atoms with Gasteiger partial charge in [-0.1, -0.05) is 0 Å². The summed E-state index contributed by atoms with van der Waals surface area (Å²) in [6.45, 7) is 1.32. The van der Waals surface area contributed by atoms with Crippen LogP contribution in [0.2, 0.25) is 0 Å². The second kappa shape index (κ2) is 35.6. The van der Waals surface area contributed by atoms with E-state index in [9.17, 15) is 38.4 Å². The Balaban J connectivity index is 6.32. The number of carbonyl (C=O) groups excluding carboxylic acids is 8. The molecule has 60 heavy (non-hydrogen) atoms. The minimum absolute atomic E-state index is 0.217. The minimum atomic E-state index is -1.08. The van der Waals surface area contributed by atoms with Crippen LogP contribution in [0, 0.1) is 0 Å². The maximum Gasteiger partial charge on any atom is 0.243 e. The first-order valence-electron chi connectivity index (χ1n) is 19.4. The predicted molar refractivity (Wildman–Crippen MR) is 259 cm³/mol. The number of hydrogen-bond acceptors (Lipinski definition) is 15. The van der Waals surface area contributed by atoms with Crippen LogP contribution in [-0.4, -0.2) is 174 Å². The summed E-state index contributed by atoms with van der Waals surface area (Å²) in [6.07, 6.45) is 15.0. The monoisotopic (exact) mass is 976 g/mol. The Morgan fingerprint density at radius 1 is 0.333 bits per heavy atom. The summed E-state index contributed by atoms with van der Waals surface area (Å²) in [6, 6.07) is -6.94. The highest BCUT2D eigenvalue weighted by atomic mass is 32.2. The van der Waals surface area contributed by atoms with Crippen molar-refractivity contribution in [1.82, 2.24) is 37.2 Å². The van der Waals surface area contributed by atoms with Crippen LogP contribution >= 0.6 is 82.3 Å². The lowest BCUT2D eigenvalue weighted by Gasteiger charge is -2.28. The van der Waals surface area contributed by atoms with Crippen molar-refractivity contribution in [3.8, 4) is 0 Å². The molecule has 0 aliphatic heterocycles. The second-order valence-corrected chi connectivity index (χ2v) is 20.4. The van der Waals surface area contributed by atoms with Gasteiger partial charge in [0.15, 0.2) is 0 Å². The van der Waals surface area contributed by atoms with Crippen molar-refractivity contribution in [3.63, 3.8) is 0 Å². The van der Waals surface area contributed by atoms with Crippen LogP contribution in [0.25, 0.3) is 0 Å². The van der Waals surface area contributed by atoms with Crippen LogP contribution in [0.1, 0.15) is 51.9 Å². The van der Waals surface area contributed by atoms with E-state index >= 15 is 0 Å². The molecule has 0 radical (unpaired) electrons. The predicted octanol–water partition coefficient (Wildman–Crippen LogP) is 1.16. The number of amides is 8.